The fourth-order valence-corrected chi connectivity index (χ4v) is 1.46. The van der Waals surface area contributed by atoms with Crippen molar-refractivity contribution in [2.45, 2.75) is 45.7 Å². The number of hydrogen-bond donors (Lipinski definition) is 3. The van der Waals surface area contributed by atoms with E-state index in [-0.39, 0.29) is 42.0 Å². The monoisotopic (exact) mass is 400 g/mol. The third kappa shape index (κ3) is 11.3. The normalized spacial score (nSPS) is 13.9. The number of guanidine groups is 1. The van der Waals surface area contributed by atoms with Crippen LogP contribution < -0.4 is 16.0 Å². The van der Waals surface area contributed by atoms with E-state index in [9.17, 15) is 4.79 Å². The quantitative estimate of drug-likeness (QED) is 0.324. The number of carbonyl (C=O) groups is 1. The largest absolute Gasteiger partial charge is 0.383 e. The average molecular weight is 400 g/mol. The Bertz CT molecular complexity index is 288. The van der Waals surface area contributed by atoms with Crippen LogP contribution in [-0.2, 0) is 9.53 Å². The van der Waals surface area contributed by atoms with Crippen LogP contribution in [0.2, 0.25) is 0 Å². The molecule has 1 amide bonds. The molecule has 2 unspecified atom stereocenters. The summed E-state index contributed by atoms with van der Waals surface area (Å²) in [6.45, 7) is 7.22. The van der Waals surface area contributed by atoms with Gasteiger partial charge in [-0.2, -0.15) is 0 Å². The van der Waals surface area contributed by atoms with E-state index in [0.717, 1.165) is 6.42 Å². The Balaban J connectivity index is 0. The molecule has 0 aliphatic rings. The summed E-state index contributed by atoms with van der Waals surface area (Å²) < 4.78 is 5.04. The molecule has 120 valence electrons. The highest BCUT2D eigenvalue weighted by Crippen LogP contribution is 1.89. The molecule has 0 fully saturated rings. The molecule has 0 heterocycles. The van der Waals surface area contributed by atoms with E-state index in [1.807, 2.05) is 20.8 Å². The molecule has 20 heavy (non-hydrogen) atoms. The van der Waals surface area contributed by atoms with Gasteiger partial charge in [0.05, 0.1) is 6.61 Å². The number of halogens is 1. The number of ether oxygens (including phenoxy) is 1. The number of nitrogens with zero attached hydrogens (tertiary/aromatic N) is 1. The number of methoxy groups -OCH3 is 1. The number of hydrogen-bond acceptors (Lipinski definition) is 3. The number of amides is 1. The molecule has 0 aromatic rings. The molecule has 0 aromatic heterocycles. The van der Waals surface area contributed by atoms with E-state index >= 15 is 0 Å². The predicted octanol–water partition coefficient (Wildman–Crippen LogP) is 1.11. The first-order valence-corrected chi connectivity index (χ1v) is 6.78. The third-order valence-electron chi connectivity index (χ3n) is 2.69. The summed E-state index contributed by atoms with van der Waals surface area (Å²) in [6, 6.07) is 0.400. The Labute approximate surface area is 139 Å². The van der Waals surface area contributed by atoms with Gasteiger partial charge < -0.3 is 20.7 Å². The highest BCUT2D eigenvalue weighted by atomic mass is 127. The molecular weight excluding hydrogens is 371 g/mol. The summed E-state index contributed by atoms with van der Waals surface area (Å²) >= 11 is 0. The Morgan fingerprint density at radius 2 is 1.90 bits per heavy atom. The van der Waals surface area contributed by atoms with E-state index in [1.54, 1.807) is 14.2 Å². The van der Waals surface area contributed by atoms with E-state index in [2.05, 4.69) is 20.9 Å². The Morgan fingerprint density at radius 3 is 2.40 bits per heavy atom. The fraction of sp³-hybridized carbons (Fsp3) is 0.846. The molecule has 0 spiro atoms. The van der Waals surface area contributed by atoms with E-state index in [1.165, 1.54) is 0 Å². The zero-order valence-electron chi connectivity index (χ0n) is 13.2. The number of rotatable bonds is 8. The lowest BCUT2D eigenvalue weighted by Gasteiger charge is -2.17. The van der Waals surface area contributed by atoms with Gasteiger partial charge in [0.25, 0.3) is 0 Å². The number of nitrogens with one attached hydrogen (secondary N) is 3. The van der Waals surface area contributed by atoms with E-state index in [4.69, 9.17) is 4.74 Å². The van der Waals surface area contributed by atoms with Crippen LogP contribution in [0.25, 0.3) is 0 Å². The molecule has 0 aromatic carbocycles. The van der Waals surface area contributed by atoms with Crippen molar-refractivity contribution in [2.24, 2.45) is 4.99 Å². The first-order valence-electron chi connectivity index (χ1n) is 6.78. The standard InChI is InChI=1S/C13H28N4O2.HI/c1-6-10(2)16-12(18)7-8-15-13(14-4)17-11(3)9-19-5;/h10-11H,6-9H2,1-5H3,(H,16,18)(H2,14,15,17);1H. The van der Waals surface area contributed by atoms with Gasteiger partial charge in [0.2, 0.25) is 5.91 Å². The molecule has 0 aliphatic carbocycles. The lowest BCUT2D eigenvalue weighted by Crippen LogP contribution is -2.45. The summed E-state index contributed by atoms with van der Waals surface area (Å²) in [7, 11) is 3.36. The van der Waals surface area contributed by atoms with Crippen LogP contribution in [0.15, 0.2) is 4.99 Å². The van der Waals surface area contributed by atoms with Crippen molar-refractivity contribution in [2.75, 3.05) is 27.3 Å². The van der Waals surface area contributed by atoms with Gasteiger partial charge in [-0.25, -0.2) is 0 Å². The minimum absolute atomic E-state index is 0. The molecule has 0 saturated carbocycles. The van der Waals surface area contributed by atoms with Gasteiger partial charge in [0.1, 0.15) is 0 Å². The van der Waals surface area contributed by atoms with Crippen LogP contribution in [0.5, 0.6) is 0 Å². The fourth-order valence-electron chi connectivity index (χ4n) is 1.46. The molecule has 3 N–H and O–H groups in total. The zero-order valence-corrected chi connectivity index (χ0v) is 15.5. The van der Waals surface area contributed by atoms with Crippen molar-refractivity contribution < 1.29 is 9.53 Å². The van der Waals surface area contributed by atoms with Gasteiger partial charge in [-0.1, -0.05) is 6.92 Å². The van der Waals surface area contributed by atoms with Gasteiger partial charge in [0.15, 0.2) is 5.96 Å². The Morgan fingerprint density at radius 1 is 1.25 bits per heavy atom. The van der Waals surface area contributed by atoms with Crippen LogP contribution in [0.3, 0.4) is 0 Å². The van der Waals surface area contributed by atoms with Gasteiger partial charge in [0, 0.05) is 39.2 Å². The molecule has 0 rings (SSSR count). The lowest BCUT2D eigenvalue weighted by atomic mass is 10.2. The Hall–Kier alpha value is -0.570. The van der Waals surface area contributed by atoms with Crippen molar-refractivity contribution in [3.8, 4) is 0 Å². The molecule has 6 nitrogen and oxygen atoms in total. The maximum atomic E-state index is 11.6. The minimum Gasteiger partial charge on any atom is -0.383 e. The maximum absolute atomic E-state index is 11.6. The summed E-state index contributed by atoms with van der Waals surface area (Å²) in [5, 5.41) is 9.20. The van der Waals surface area contributed by atoms with E-state index in [0.29, 0.717) is 25.5 Å². The van der Waals surface area contributed by atoms with Crippen LogP contribution in [0.1, 0.15) is 33.6 Å². The highest BCUT2D eigenvalue weighted by Gasteiger charge is 2.07. The van der Waals surface area contributed by atoms with Crippen molar-refractivity contribution in [3.63, 3.8) is 0 Å². The zero-order chi connectivity index (χ0) is 14.7. The number of aliphatic imine (C=N–C) groups is 1. The first kappa shape index (κ1) is 21.7. The molecule has 0 radical (unpaired) electrons. The van der Waals surface area contributed by atoms with Gasteiger partial charge in [-0.15, -0.1) is 24.0 Å². The van der Waals surface area contributed by atoms with Crippen LogP contribution in [0.4, 0.5) is 0 Å². The summed E-state index contributed by atoms with van der Waals surface area (Å²) in [5.74, 6) is 0.739. The van der Waals surface area contributed by atoms with Crippen LogP contribution in [-0.4, -0.2) is 51.3 Å². The second-order valence-corrected chi connectivity index (χ2v) is 4.63. The van der Waals surface area contributed by atoms with Gasteiger partial charge >= 0.3 is 0 Å². The molecule has 2 atom stereocenters. The third-order valence-corrected chi connectivity index (χ3v) is 2.69. The van der Waals surface area contributed by atoms with Crippen LogP contribution in [0, 0.1) is 0 Å². The molecule has 7 heteroatoms. The number of carbonyl (C=O) groups excluding carboxylic acids is 1. The molecule has 0 aliphatic heterocycles. The average Bonchev–Trinajstić information content (AvgIpc) is 2.37. The first-order chi connectivity index (χ1) is 9.03. The summed E-state index contributed by atoms with van der Waals surface area (Å²) in [4.78, 5) is 15.7. The molecular formula is C13H29IN4O2. The molecule has 0 saturated heterocycles. The topological polar surface area (TPSA) is 74.8 Å². The van der Waals surface area contributed by atoms with Gasteiger partial charge in [-0.05, 0) is 20.3 Å². The van der Waals surface area contributed by atoms with Crippen molar-refractivity contribution in [3.05, 3.63) is 0 Å². The second-order valence-electron chi connectivity index (χ2n) is 4.63. The Kier molecular flexibility index (Phi) is 14.6. The van der Waals surface area contributed by atoms with E-state index < -0.39 is 0 Å². The van der Waals surface area contributed by atoms with Crippen molar-refractivity contribution >= 4 is 35.8 Å². The smallest absolute Gasteiger partial charge is 0.221 e. The van der Waals surface area contributed by atoms with Crippen molar-refractivity contribution in [1.29, 1.82) is 0 Å². The highest BCUT2D eigenvalue weighted by molar-refractivity contribution is 14.0. The summed E-state index contributed by atoms with van der Waals surface area (Å²) in [5.41, 5.74) is 0. The predicted molar refractivity (Wildman–Crippen MR) is 93.8 cm³/mol. The van der Waals surface area contributed by atoms with Crippen LogP contribution >= 0.6 is 24.0 Å². The summed E-state index contributed by atoms with van der Waals surface area (Å²) in [6.07, 6.45) is 1.38. The van der Waals surface area contributed by atoms with Gasteiger partial charge in [-0.3, -0.25) is 9.79 Å². The lowest BCUT2D eigenvalue weighted by molar-refractivity contribution is -0.121. The maximum Gasteiger partial charge on any atom is 0.221 e. The second kappa shape index (κ2) is 13.4. The molecule has 0 bridgehead atoms. The minimum atomic E-state index is 0. The SMILES string of the molecule is CCC(C)NC(=O)CCNC(=NC)NC(C)COC.I. The van der Waals surface area contributed by atoms with Crippen molar-refractivity contribution in [1.82, 2.24) is 16.0 Å².